The first-order chi connectivity index (χ1) is 27.1. The minimum absolute atomic E-state index is 0.0813. The molecule has 1 saturated carbocycles. The van der Waals surface area contributed by atoms with Crippen LogP contribution in [0.5, 0.6) is 0 Å². The largest absolute Gasteiger partial charge is 0.464 e. The third kappa shape index (κ3) is 11.7. The van der Waals surface area contributed by atoms with Crippen LogP contribution in [0.4, 0.5) is 0 Å². The number of ether oxygens (including phenoxy) is 4. The second-order valence-electron chi connectivity index (χ2n) is 17.5. The molecule has 3 heterocycles. The maximum absolute atomic E-state index is 14.1. The van der Waals surface area contributed by atoms with Gasteiger partial charge < -0.3 is 39.2 Å². The van der Waals surface area contributed by atoms with E-state index in [1.54, 1.807) is 27.2 Å². The van der Waals surface area contributed by atoms with Crippen molar-refractivity contribution in [2.75, 3.05) is 27.4 Å². The Morgan fingerprint density at radius 1 is 0.982 bits per heavy atom. The van der Waals surface area contributed by atoms with Crippen molar-refractivity contribution in [2.24, 2.45) is 35.5 Å². The molecule has 4 rings (SSSR count). The summed E-state index contributed by atoms with van der Waals surface area (Å²) in [6.07, 6.45) is 9.63. The molecule has 1 aliphatic carbocycles. The molecule has 0 aromatic heterocycles. The molecule has 0 aromatic carbocycles. The molecule has 4 aliphatic rings. The number of hydrogen-bond acceptors (Lipinski definition) is 11. The quantitative estimate of drug-likeness (QED) is 0.165. The van der Waals surface area contributed by atoms with Gasteiger partial charge in [-0.05, 0) is 102 Å². The van der Waals surface area contributed by atoms with E-state index in [9.17, 15) is 34.5 Å². The topological polar surface area (TPSA) is 169 Å². The Hall–Kier alpha value is -2.74. The number of carbonyl (C=O) groups is 4. The van der Waals surface area contributed by atoms with Crippen LogP contribution < -0.4 is 0 Å². The normalized spacial score (nSPS) is 39.9. The van der Waals surface area contributed by atoms with Crippen LogP contribution in [0, 0.1) is 35.5 Å². The lowest BCUT2D eigenvalue weighted by atomic mass is 9.78. The van der Waals surface area contributed by atoms with Crippen LogP contribution in [-0.4, -0.2) is 113 Å². The van der Waals surface area contributed by atoms with Crippen LogP contribution in [0.15, 0.2) is 36.0 Å². The van der Waals surface area contributed by atoms with Gasteiger partial charge in [-0.3, -0.25) is 14.4 Å². The highest BCUT2D eigenvalue weighted by molar-refractivity contribution is 6.39. The number of rotatable bonds is 7. The summed E-state index contributed by atoms with van der Waals surface area (Å²) in [5.74, 6) is -7.17. The minimum atomic E-state index is -2.40. The summed E-state index contributed by atoms with van der Waals surface area (Å²) in [5.41, 5.74) is 1.91. The Morgan fingerprint density at radius 3 is 2.37 bits per heavy atom. The number of Topliss-reactive ketones (excluding diaryl/α,β-unsaturated/α-hetero) is 2. The highest BCUT2D eigenvalue weighted by Gasteiger charge is 2.55. The minimum Gasteiger partial charge on any atom is -0.464 e. The zero-order chi connectivity index (χ0) is 42.0. The van der Waals surface area contributed by atoms with E-state index in [0.29, 0.717) is 51.4 Å². The maximum Gasteiger partial charge on any atom is 0.328 e. The molecule has 2 bridgehead atoms. The number of cyclic esters (lactones) is 1. The molecule has 0 aromatic rings. The van der Waals surface area contributed by atoms with E-state index >= 15 is 0 Å². The third-order valence-electron chi connectivity index (χ3n) is 13.5. The molecule has 322 valence electrons. The van der Waals surface area contributed by atoms with Crippen molar-refractivity contribution in [2.45, 2.75) is 160 Å². The summed E-state index contributed by atoms with van der Waals surface area (Å²) in [7, 11) is 3.16. The number of carbonyl (C=O) groups excluding carboxylic acids is 4. The van der Waals surface area contributed by atoms with Gasteiger partial charge in [0, 0.05) is 44.9 Å². The standard InChI is InChI=1S/C45H71NO11/c1-9-13-33-21-27(3)20-31(10-2)16-18-39-41(55-8)23-29(5)45(53,57-39)42(50)43(51)46-19-12-11-14-35(46)44(52)56-26-34(30(6)37(48)25-38(33)49)28(4)22-32-15-17-36(47)40(24-32)54-7/h9,21-22,29-37,39-41,47-48,53H,1,10-20,23-26H2,2-8H3/b27-21+,28-22+/t29-,30+,31-,32+,33-,34-,35+,36-,37+,39-,40-,41+,45-/m1/s1. The molecule has 57 heavy (non-hydrogen) atoms. The van der Waals surface area contributed by atoms with Gasteiger partial charge in [-0.1, -0.05) is 56.6 Å². The fourth-order valence-electron chi connectivity index (χ4n) is 9.57. The second kappa shape index (κ2) is 21.5. The SMILES string of the molecule is C=CC[C@@H]1/C=C(\C)C[C@H](CC)CC[C@H]2O[C@@](O)(C(=O)C(=O)N3CCCC[C@H]3C(=O)OC[C@H](/C(C)=C/[C@@H]3CC[C@@H](O)[C@H](OC)C3)[C@H](C)[C@@H](O)CC1=O)[C@H](C)C[C@@H]2OC. The summed E-state index contributed by atoms with van der Waals surface area (Å²) < 4.78 is 23.5. The summed E-state index contributed by atoms with van der Waals surface area (Å²) in [6, 6.07) is -1.05. The molecule has 2 saturated heterocycles. The number of amides is 1. The molecule has 3 aliphatic heterocycles. The first-order valence-corrected chi connectivity index (χ1v) is 21.4. The molecule has 3 N–H and O–H groups in total. The van der Waals surface area contributed by atoms with Gasteiger partial charge in [-0.25, -0.2) is 4.79 Å². The molecular weight excluding hydrogens is 730 g/mol. The predicted molar refractivity (Wildman–Crippen MR) is 216 cm³/mol. The molecular formula is C45H71NO11. The van der Waals surface area contributed by atoms with Crippen LogP contribution >= 0.6 is 0 Å². The van der Waals surface area contributed by atoms with Crippen molar-refractivity contribution in [3.8, 4) is 0 Å². The van der Waals surface area contributed by atoms with Crippen LogP contribution in [0.3, 0.4) is 0 Å². The van der Waals surface area contributed by atoms with Gasteiger partial charge in [-0.2, -0.15) is 0 Å². The highest BCUT2D eigenvalue weighted by atomic mass is 16.7. The molecule has 13 atom stereocenters. The van der Waals surface area contributed by atoms with Gasteiger partial charge in [0.15, 0.2) is 0 Å². The van der Waals surface area contributed by atoms with Gasteiger partial charge in [0.1, 0.15) is 11.8 Å². The van der Waals surface area contributed by atoms with Crippen molar-refractivity contribution >= 4 is 23.4 Å². The van der Waals surface area contributed by atoms with Crippen LogP contribution in [0.1, 0.15) is 118 Å². The first-order valence-electron chi connectivity index (χ1n) is 21.4. The Kier molecular flexibility index (Phi) is 17.7. The van der Waals surface area contributed by atoms with Gasteiger partial charge in [0.25, 0.3) is 11.7 Å². The van der Waals surface area contributed by atoms with Gasteiger partial charge in [-0.15, -0.1) is 6.58 Å². The van der Waals surface area contributed by atoms with Crippen molar-refractivity contribution in [3.05, 3.63) is 36.0 Å². The number of nitrogens with zero attached hydrogens (tertiary/aromatic N) is 1. The van der Waals surface area contributed by atoms with E-state index in [0.717, 1.165) is 30.4 Å². The van der Waals surface area contributed by atoms with E-state index in [1.165, 1.54) is 4.90 Å². The number of methoxy groups -OCH3 is 2. The summed E-state index contributed by atoms with van der Waals surface area (Å²) >= 11 is 0. The fourth-order valence-corrected chi connectivity index (χ4v) is 9.57. The number of aliphatic hydroxyl groups excluding tert-OH is 2. The van der Waals surface area contributed by atoms with Gasteiger partial charge in [0.2, 0.25) is 5.79 Å². The summed E-state index contributed by atoms with van der Waals surface area (Å²) in [6.45, 7) is 13.5. The van der Waals surface area contributed by atoms with E-state index < -0.39 is 77.6 Å². The zero-order valence-corrected chi connectivity index (χ0v) is 35.5. The lowest BCUT2D eigenvalue weighted by Crippen LogP contribution is -2.62. The summed E-state index contributed by atoms with van der Waals surface area (Å²) in [5, 5.41) is 34.0. The lowest BCUT2D eigenvalue weighted by Gasteiger charge is -2.45. The van der Waals surface area contributed by atoms with Gasteiger partial charge >= 0.3 is 5.97 Å². The molecule has 3 fully saturated rings. The van der Waals surface area contributed by atoms with Crippen LogP contribution in [0.2, 0.25) is 0 Å². The van der Waals surface area contributed by atoms with E-state index in [1.807, 2.05) is 26.8 Å². The Bertz CT molecular complexity index is 1460. The Labute approximate surface area is 340 Å². The van der Waals surface area contributed by atoms with E-state index in [-0.39, 0.29) is 49.7 Å². The number of aliphatic hydroxyl groups is 3. The molecule has 0 spiro atoms. The average molecular weight is 802 g/mol. The molecule has 12 nitrogen and oxygen atoms in total. The number of allylic oxidation sites excluding steroid dienone is 4. The molecule has 12 heteroatoms. The summed E-state index contributed by atoms with van der Waals surface area (Å²) in [4.78, 5) is 57.2. The Balaban J connectivity index is 1.72. The average Bonchev–Trinajstić information content (AvgIpc) is 3.19. The van der Waals surface area contributed by atoms with Crippen molar-refractivity contribution in [3.63, 3.8) is 0 Å². The van der Waals surface area contributed by atoms with E-state index in [2.05, 4.69) is 19.6 Å². The second-order valence-corrected chi connectivity index (χ2v) is 17.5. The number of piperidine rings is 1. The van der Waals surface area contributed by atoms with Crippen molar-refractivity contribution in [1.82, 2.24) is 4.90 Å². The van der Waals surface area contributed by atoms with E-state index in [4.69, 9.17) is 18.9 Å². The monoisotopic (exact) mass is 802 g/mol. The third-order valence-corrected chi connectivity index (χ3v) is 13.5. The maximum atomic E-state index is 14.1. The number of hydrogen-bond donors (Lipinski definition) is 3. The van der Waals surface area contributed by atoms with Gasteiger partial charge in [0.05, 0.1) is 37.1 Å². The first kappa shape index (κ1) is 46.9. The zero-order valence-electron chi connectivity index (χ0n) is 35.5. The molecule has 0 unspecified atom stereocenters. The molecule has 1 amide bonds. The predicted octanol–water partition coefficient (Wildman–Crippen LogP) is 5.65. The fraction of sp³-hybridized carbons (Fsp3) is 0.778. The van der Waals surface area contributed by atoms with Crippen molar-refractivity contribution < 1.29 is 53.4 Å². The highest BCUT2D eigenvalue weighted by Crippen LogP contribution is 2.39. The molecule has 0 radical (unpaired) electrons. The lowest BCUT2D eigenvalue weighted by molar-refractivity contribution is -0.287. The van der Waals surface area contributed by atoms with Crippen LogP contribution in [-0.2, 0) is 38.1 Å². The van der Waals surface area contributed by atoms with Crippen LogP contribution in [0.25, 0.3) is 0 Å². The Morgan fingerprint density at radius 2 is 1.70 bits per heavy atom. The van der Waals surface area contributed by atoms with Crippen molar-refractivity contribution in [1.29, 1.82) is 0 Å². The number of ketones is 2. The number of esters is 1. The number of fused-ring (bicyclic) bond motifs is 3. The smallest absolute Gasteiger partial charge is 0.328 e.